The standard InChI is InChI=1S/C12H18N2O3/c13-14-12(15)7-4-8-16-9-10-17-11-5-2-1-3-6-11/h1-3,5-6H,4,7-10,13H2,(H,14,15). The number of ether oxygens (including phenoxy) is 2. The van der Waals surface area contributed by atoms with Gasteiger partial charge in [0.05, 0.1) is 6.61 Å². The third-order valence-electron chi connectivity index (χ3n) is 2.09. The molecule has 5 nitrogen and oxygen atoms in total. The number of hydrogen-bond acceptors (Lipinski definition) is 4. The Bertz CT molecular complexity index is 317. The van der Waals surface area contributed by atoms with Crippen molar-refractivity contribution in [2.24, 2.45) is 5.84 Å². The van der Waals surface area contributed by atoms with E-state index in [1.54, 1.807) is 0 Å². The highest BCUT2D eigenvalue weighted by molar-refractivity contribution is 5.75. The molecule has 94 valence electrons. The summed E-state index contributed by atoms with van der Waals surface area (Å²) in [6, 6.07) is 9.56. The molecule has 0 aliphatic rings. The molecule has 0 bridgehead atoms. The lowest BCUT2D eigenvalue weighted by molar-refractivity contribution is -0.121. The van der Waals surface area contributed by atoms with E-state index in [2.05, 4.69) is 5.43 Å². The van der Waals surface area contributed by atoms with Crippen LogP contribution in [0.5, 0.6) is 5.75 Å². The number of amides is 1. The molecule has 0 aliphatic heterocycles. The van der Waals surface area contributed by atoms with Gasteiger partial charge in [0, 0.05) is 13.0 Å². The van der Waals surface area contributed by atoms with Crippen LogP contribution >= 0.6 is 0 Å². The van der Waals surface area contributed by atoms with Crippen LogP contribution in [0.25, 0.3) is 0 Å². The van der Waals surface area contributed by atoms with Crippen molar-refractivity contribution in [1.82, 2.24) is 5.43 Å². The molecule has 1 amide bonds. The molecule has 0 spiro atoms. The van der Waals surface area contributed by atoms with Gasteiger partial charge in [-0.2, -0.15) is 0 Å². The summed E-state index contributed by atoms with van der Waals surface area (Å²) < 4.78 is 10.7. The van der Waals surface area contributed by atoms with Gasteiger partial charge >= 0.3 is 0 Å². The van der Waals surface area contributed by atoms with E-state index < -0.39 is 0 Å². The number of nitrogens with two attached hydrogens (primary N) is 1. The summed E-state index contributed by atoms with van der Waals surface area (Å²) >= 11 is 0. The molecule has 0 aliphatic carbocycles. The molecule has 0 fully saturated rings. The van der Waals surface area contributed by atoms with Crippen LogP contribution in [-0.4, -0.2) is 25.7 Å². The molecule has 3 N–H and O–H groups in total. The van der Waals surface area contributed by atoms with Crippen LogP contribution in [0, 0.1) is 0 Å². The Morgan fingerprint density at radius 3 is 2.65 bits per heavy atom. The minimum atomic E-state index is -0.172. The van der Waals surface area contributed by atoms with Gasteiger partial charge < -0.3 is 9.47 Å². The Morgan fingerprint density at radius 1 is 1.18 bits per heavy atom. The second kappa shape index (κ2) is 8.55. The van der Waals surface area contributed by atoms with E-state index in [0.29, 0.717) is 32.7 Å². The topological polar surface area (TPSA) is 73.6 Å². The molecule has 0 heterocycles. The van der Waals surface area contributed by atoms with E-state index >= 15 is 0 Å². The summed E-state index contributed by atoms with van der Waals surface area (Å²) in [4.78, 5) is 10.8. The van der Waals surface area contributed by atoms with E-state index in [0.717, 1.165) is 5.75 Å². The molecular formula is C12H18N2O3. The fourth-order valence-electron chi connectivity index (χ4n) is 1.24. The zero-order chi connectivity index (χ0) is 12.3. The Hall–Kier alpha value is -1.59. The summed E-state index contributed by atoms with van der Waals surface area (Å²) in [5.74, 6) is 5.60. The van der Waals surface area contributed by atoms with Crippen molar-refractivity contribution in [2.75, 3.05) is 19.8 Å². The van der Waals surface area contributed by atoms with Gasteiger partial charge in [-0.25, -0.2) is 5.84 Å². The van der Waals surface area contributed by atoms with Crippen molar-refractivity contribution < 1.29 is 14.3 Å². The van der Waals surface area contributed by atoms with Gasteiger partial charge in [-0.05, 0) is 18.6 Å². The lowest BCUT2D eigenvalue weighted by Gasteiger charge is -2.06. The molecule has 1 rings (SSSR count). The average Bonchev–Trinajstić information content (AvgIpc) is 2.38. The molecule has 1 aromatic carbocycles. The second-order valence-electron chi connectivity index (χ2n) is 3.44. The highest BCUT2D eigenvalue weighted by Gasteiger charge is 1.97. The predicted octanol–water partition coefficient (Wildman–Crippen LogP) is 0.852. The van der Waals surface area contributed by atoms with Crippen LogP contribution in [0.1, 0.15) is 12.8 Å². The SMILES string of the molecule is NNC(=O)CCCOCCOc1ccccc1. The number of hydrazine groups is 1. The summed E-state index contributed by atoms with van der Waals surface area (Å²) in [7, 11) is 0. The number of nitrogens with one attached hydrogen (secondary N) is 1. The monoisotopic (exact) mass is 238 g/mol. The van der Waals surface area contributed by atoms with Crippen LogP contribution in [-0.2, 0) is 9.53 Å². The van der Waals surface area contributed by atoms with Crippen molar-refractivity contribution >= 4 is 5.91 Å². The molecular weight excluding hydrogens is 220 g/mol. The largest absolute Gasteiger partial charge is 0.491 e. The summed E-state index contributed by atoms with van der Waals surface area (Å²) in [6.45, 7) is 1.55. The van der Waals surface area contributed by atoms with Crippen molar-refractivity contribution in [3.8, 4) is 5.75 Å². The van der Waals surface area contributed by atoms with Gasteiger partial charge in [-0.3, -0.25) is 10.2 Å². The van der Waals surface area contributed by atoms with Gasteiger partial charge in [-0.15, -0.1) is 0 Å². The molecule has 5 heteroatoms. The third kappa shape index (κ3) is 6.55. The maximum absolute atomic E-state index is 10.8. The van der Waals surface area contributed by atoms with E-state index in [1.807, 2.05) is 30.3 Å². The summed E-state index contributed by atoms with van der Waals surface area (Å²) in [6.07, 6.45) is 1.05. The number of hydrogen-bond donors (Lipinski definition) is 2. The zero-order valence-electron chi connectivity index (χ0n) is 9.72. The quantitative estimate of drug-likeness (QED) is 0.305. The molecule has 0 aromatic heterocycles. The number of benzene rings is 1. The molecule has 0 radical (unpaired) electrons. The van der Waals surface area contributed by atoms with Gasteiger partial charge in [0.15, 0.2) is 0 Å². The number of rotatable bonds is 8. The molecule has 0 unspecified atom stereocenters. The van der Waals surface area contributed by atoms with E-state index in [1.165, 1.54) is 0 Å². The number of carbonyl (C=O) groups excluding carboxylic acids is 1. The highest BCUT2D eigenvalue weighted by Crippen LogP contribution is 2.07. The molecule has 0 saturated carbocycles. The van der Waals surface area contributed by atoms with Gasteiger partial charge in [0.2, 0.25) is 5.91 Å². The molecule has 1 aromatic rings. The van der Waals surface area contributed by atoms with Crippen molar-refractivity contribution in [2.45, 2.75) is 12.8 Å². The normalized spacial score (nSPS) is 9.94. The highest BCUT2D eigenvalue weighted by atomic mass is 16.5. The van der Waals surface area contributed by atoms with Gasteiger partial charge in [-0.1, -0.05) is 18.2 Å². The molecule has 0 saturated heterocycles. The lowest BCUT2D eigenvalue weighted by Crippen LogP contribution is -2.29. The van der Waals surface area contributed by atoms with E-state index in [4.69, 9.17) is 15.3 Å². The zero-order valence-corrected chi connectivity index (χ0v) is 9.72. The first kappa shape index (κ1) is 13.5. The predicted molar refractivity (Wildman–Crippen MR) is 64.3 cm³/mol. The Morgan fingerprint density at radius 2 is 1.94 bits per heavy atom. The smallest absolute Gasteiger partial charge is 0.233 e. The van der Waals surface area contributed by atoms with Crippen LogP contribution in [0.3, 0.4) is 0 Å². The van der Waals surface area contributed by atoms with E-state index in [9.17, 15) is 4.79 Å². The van der Waals surface area contributed by atoms with Gasteiger partial charge in [0.25, 0.3) is 0 Å². The Kier molecular flexibility index (Phi) is 6.78. The lowest BCUT2D eigenvalue weighted by atomic mass is 10.3. The van der Waals surface area contributed by atoms with Crippen molar-refractivity contribution in [3.63, 3.8) is 0 Å². The van der Waals surface area contributed by atoms with Gasteiger partial charge in [0.1, 0.15) is 12.4 Å². The Balaban J connectivity index is 1.93. The fraction of sp³-hybridized carbons (Fsp3) is 0.417. The summed E-state index contributed by atoms with van der Waals surface area (Å²) in [5.41, 5.74) is 2.07. The van der Waals surface area contributed by atoms with Crippen LogP contribution < -0.4 is 16.0 Å². The Labute approximate surface area is 101 Å². The van der Waals surface area contributed by atoms with Crippen molar-refractivity contribution in [3.05, 3.63) is 30.3 Å². The van der Waals surface area contributed by atoms with E-state index in [-0.39, 0.29) is 5.91 Å². The number of carbonyl (C=O) groups is 1. The van der Waals surface area contributed by atoms with Crippen LogP contribution in [0.4, 0.5) is 0 Å². The van der Waals surface area contributed by atoms with Crippen LogP contribution in [0.15, 0.2) is 30.3 Å². The third-order valence-corrected chi connectivity index (χ3v) is 2.09. The number of para-hydroxylation sites is 1. The first-order valence-electron chi connectivity index (χ1n) is 5.58. The summed E-state index contributed by atoms with van der Waals surface area (Å²) in [5, 5.41) is 0. The molecule has 0 atom stereocenters. The second-order valence-corrected chi connectivity index (χ2v) is 3.44. The first-order valence-corrected chi connectivity index (χ1v) is 5.58. The fourth-order valence-corrected chi connectivity index (χ4v) is 1.24. The minimum Gasteiger partial charge on any atom is -0.491 e. The molecule has 17 heavy (non-hydrogen) atoms. The van der Waals surface area contributed by atoms with Crippen molar-refractivity contribution in [1.29, 1.82) is 0 Å². The van der Waals surface area contributed by atoms with Crippen LogP contribution in [0.2, 0.25) is 0 Å². The minimum absolute atomic E-state index is 0.172. The first-order chi connectivity index (χ1) is 8.33. The maximum atomic E-state index is 10.8. The average molecular weight is 238 g/mol. The maximum Gasteiger partial charge on any atom is 0.233 e.